The Bertz CT molecular complexity index is 185. The molecule has 0 spiro atoms. The first-order valence-corrected chi connectivity index (χ1v) is 2.58. The average molecular weight is 179 g/mol. The third-order valence-electron chi connectivity index (χ3n) is 0.674. The molecular weight excluding hydrogens is 168 g/mol. The molecule has 5 nitrogen and oxygen atoms in total. The molecule has 0 aromatic heterocycles. The van der Waals surface area contributed by atoms with E-state index in [4.69, 9.17) is 11.5 Å². The number of halogens is 1. The van der Waals surface area contributed by atoms with Crippen molar-refractivity contribution in [1.82, 2.24) is 5.43 Å². The van der Waals surface area contributed by atoms with Gasteiger partial charge in [-0.1, -0.05) is 6.58 Å². The van der Waals surface area contributed by atoms with E-state index >= 15 is 0 Å². The highest BCUT2D eigenvalue weighted by Crippen LogP contribution is 1.83. The molecule has 6 heteroatoms. The van der Waals surface area contributed by atoms with Crippen LogP contribution in [-0.2, 0) is 4.79 Å². The number of nitrogens with zero attached hydrogens (tertiary/aromatic N) is 1. The van der Waals surface area contributed by atoms with E-state index in [0.717, 1.165) is 0 Å². The van der Waals surface area contributed by atoms with Crippen LogP contribution in [0.5, 0.6) is 0 Å². The first kappa shape index (κ1) is 12.4. The summed E-state index contributed by atoms with van der Waals surface area (Å²) in [5.74, 6) is -0.581. The van der Waals surface area contributed by atoms with Crippen molar-refractivity contribution in [2.45, 2.75) is 6.92 Å². The second-order valence-electron chi connectivity index (χ2n) is 1.76. The van der Waals surface area contributed by atoms with Gasteiger partial charge in [-0.2, -0.15) is 0 Å². The first-order chi connectivity index (χ1) is 4.54. The minimum atomic E-state index is -0.395. The monoisotopic (exact) mass is 178 g/mol. The van der Waals surface area contributed by atoms with E-state index in [9.17, 15) is 4.79 Å². The maximum absolute atomic E-state index is 10.6. The van der Waals surface area contributed by atoms with Gasteiger partial charge in [0.1, 0.15) is 0 Å². The second kappa shape index (κ2) is 5.55. The van der Waals surface area contributed by atoms with Crippen LogP contribution in [0.15, 0.2) is 17.3 Å². The zero-order valence-corrected chi connectivity index (χ0v) is 6.94. The Kier molecular flexibility index (Phi) is 6.28. The van der Waals surface area contributed by atoms with E-state index in [1.54, 1.807) is 6.92 Å². The van der Waals surface area contributed by atoms with Crippen LogP contribution in [0.2, 0.25) is 0 Å². The van der Waals surface area contributed by atoms with Crippen LogP contribution in [0, 0.1) is 0 Å². The molecule has 5 N–H and O–H groups in total. The summed E-state index contributed by atoms with van der Waals surface area (Å²) in [6.07, 6.45) is 0. The Morgan fingerprint density at radius 2 is 2.00 bits per heavy atom. The van der Waals surface area contributed by atoms with Crippen molar-refractivity contribution in [1.29, 1.82) is 0 Å². The standard InChI is InChI=1S/C5H10N4O.ClH/c1-3(2)4(10)8-9-5(6)7;/h1H2,2H3,(H,8,10)(H4,6,7,9);1H. The Balaban J connectivity index is 0. The molecule has 0 unspecified atom stereocenters. The van der Waals surface area contributed by atoms with Crippen molar-refractivity contribution in [2.24, 2.45) is 16.6 Å². The zero-order chi connectivity index (χ0) is 8.15. The summed E-state index contributed by atoms with van der Waals surface area (Å²) in [6.45, 7) is 4.92. The predicted molar refractivity (Wildman–Crippen MR) is 46.0 cm³/mol. The van der Waals surface area contributed by atoms with Gasteiger partial charge >= 0.3 is 0 Å². The lowest BCUT2D eigenvalue weighted by molar-refractivity contribution is -0.117. The van der Waals surface area contributed by atoms with Gasteiger partial charge in [0.25, 0.3) is 5.91 Å². The minimum absolute atomic E-state index is 0. The number of hydrogen-bond acceptors (Lipinski definition) is 2. The van der Waals surface area contributed by atoms with Gasteiger partial charge in [0.15, 0.2) is 0 Å². The lowest BCUT2D eigenvalue weighted by Gasteiger charge is -1.96. The molecule has 0 saturated carbocycles. The van der Waals surface area contributed by atoms with Crippen molar-refractivity contribution in [3.63, 3.8) is 0 Å². The van der Waals surface area contributed by atoms with Crippen molar-refractivity contribution in [3.05, 3.63) is 12.2 Å². The summed E-state index contributed by atoms with van der Waals surface area (Å²) in [5, 5.41) is 3.26. The van der Waals surface area contributed by atoms with Gasteiger partial charge in [-0.3, -0.25) is 4.79 Å². The SMILES string of the molecule is C=C(C)C(=O)NN=C(N)N.Cl. The number of nitrogens with one attached hydrogen (secondary N) is 1. The van der Waals surface area contributed by atoms with E-state index in [-0.39, 0.29) is 18.4 Å². The Morgan fingerprint density at radius 3 is 2.27 bits per heavy atom. The van der Waals surface area contributed by atoms with E-state index in [0.29, 0.717) is 5.57 Å². The number of guanidine groups is 1. The smallest absolute Gasteiger partial charge is 0.266 e. The van der Waals surface area contributed by atoms with Gasteiger partial charge in [0, 0.05) is 5.57 Å². The molecule has 0 aliphatic rings. The van der Waals surface area contributed by atoms with Gasteiger partial charge in [-0.05, 0) is 6.92 Å². The third-order valence-corrected chi connectivity index (χ3v) is 0.674. The Morgan fingerprint density at radius 1 is 1.55 bits per heavy atom. The number of nitrogens with two attached hydrogens (primary N) is 2. The molecule has 0 bridgehead atoms. The number of carbonyl (C=O) groups excluding carboxylic acids is 1. The van der Waals surface area contributed by atoms with Crippen LogP contribution in [0.4, 0.5) is 0 Å². The number of carbonyl (C=O) groups is 1. The highest BCUT2D eigenvalue weighted by molar-refractivity contribution is 5.92. The molecule has 0 heterocycles. The Hall–Kier alpha value is -1.23. The largest absolute Gasteiger partial charge is 0.369 e. The third kappa shape index (κ3) is 6.66. The fourth-order valence-corrected chi connectivity index (χ4v) is 0.211. The molecule has 0 aliphatic carbocycles. The topological polar surface area (TPSA) is 93.5 Å². The van der Waals surface area contributed by atoms with Crippen molar-refractivity contribution in [3.8, 4) is 0 Å². The highest BCUT2D eigenvalue weighted by atomic mass is 35.5. The molecule has 0 aromatic carbocycles. The van der Waals surface area contributed by atoms with Gasteiger partial charge in [0.2, 0.25) is 5.96 Å². The minimum Gasteiger partial charge on any atom is -0.369 e. The molecule has 0 aromatic rings. The van der Waals surface area contributed by atoms with Crippen LogP contribution >= 0.6 is 12.4 Å². The maximum Gasteiger partial charge on any atom is 0.266 e. The van der Waals surface area contributed by atoms with Crippen molar-refractivity contribution >= 4 is 24.3 Å². The maximum atomic E-state index is 10.6. The highest BCUT2D eigenvalue weighted by Gasteiger charge is 1.97. The summed E-state index contributed by atoms with van der Waals surface area (Å²) < 4.78 is 0. The van der Waals surface area contributed by atoms with Gasteiger partial charge in [-0.15, -0.1) is 17.5 Å². The fourth-order valence-electron chi connectivity index (χ4n) is 0.211. The molecule has 0 radical (unpaired) electrons. The summed E-state index contributed by atoms with van der Waals surface area (Å²) in [7, 11) is 0. The average Bonchev–Trinajstić information content (AvgIpc) is 1.82. The number of hydrazone groups is 1. The lowest BCUT2D eigenvalue weighted by Crippen LogP contribution is -2.29. The van der Waals surface area contributed by atoms with Crippen molar-refractivity contribution in [2.75, 3.05) is 0 Å². The number of hydrogen-bond donors (Lipinski definition) is 3. The molecule has 0 rings (SSSR count). The van der Waals surface area contributed by atoms with E-state index in [2.05, 4.69) is 17.1 Å². The number of rotatable bonds is 2. The summed E-state index contributed by atoms with van der Waals surface area (Å²) in [4.78, 5) is 10.6. The first-order valence-electron chi connectivity index (χ1n) is 2.58. The predicted octanol–water partition coefficient (Wildman–Crippen LogP) is -0.711. The van der Waals surface area contributed by atoms with Gasteiger partial charge < -0.3 is 11.5 Å². The lowest BCUT2D eigenvalue weighted by atomic mass is 10.3. The van der Waals surface area contributed by atoms with E-state index in [1.165, 1.54) is 0 Å². The summed E-state index contributed by atoms with van der Waals surface area (Å²) >= 11 is 0. The second-order valence-corrected chi connectivity index (χ2v) is 1.76. The normalized spacial score (nSPS) is 7.36. The fraction of sp³-hybridized carbons (Fsp3) is 0.200. The van der Waals surface area contributed by atoms with E-state index < -0.39 is 5.91 Å². The molecule has 1 amide bonds. The van der Waals surface area contributed by atoms with Crippen LogP contribution in [0.1, 0.15) is 6.92 Å². The molecular formula is C5H11ClN4O. The number of amides is 1. The molecule has 64 valence electrons. The molecule has 0 fully saturated rings. The van der Waals surface area contributed by atoms with Crippen LogP contribution < -0.4 is 16.9 Å². The molecule has 11 heavy (non-hydrogen) atoms. The zero-order valence-electron chi connectivity index (χ0n) is 6.13. The van der Waals surface area contributed by atoms with Crippen molar-refractivity contribution < 1.29 is 4.79 Å². The van der Waals surface area contributed by atoms with Gasteiger partial charge in [0.05, 0.1) is 0 Å². The van der Waals surface area contributed by atoms with Crippen LogP contribution in [-0.4, -0.2) is 11.9 Å². The summed E-state index contributed by atoms with van der Waals surface area (Å²) in [5.41, 5.74) is 12.3. The quantitative estimate of drug-likeness (QED) is 0.226. The van der Waals surface area contributed by atoms with Gasteiger partial charge in [-0.25, -0.2) is 5.43 Å². The molecule has 0 saturated heterocycles. The molecule has 0 aliphatic heterocycles. The Labute approximate surface area is 70.9 Å². The van der Waals surface area contributed by atoms with E-state index in [1.807, 2.05) is 0 Å². The van der Waals surface area contributed by atoms with Crippen LogP contribution in [0.25, 0.3) is 0 Å². The molecule has 0 atom stereocenters. The summed E-state index contributed by atoms with van der Waals surface area (Å²) in [6, 6.07) is 0. The van der Waals surface area contributed by atoms with Crippen LogP contribution in [0.3, 0.4) is 0 Å².